The van der Waals surface area contributed by atoms with Crippen molar-refractivity contribution < 1.29 is 0 Å². The van der Waals surface area contributed by atoms with Crippen LogP contribution in [0.4, 0.5) is 0 Å². The van der Waals surface area contributed by atoms with Crippen molar-refractivity contribution in [1.82, 2.24) is 4.57 Å². The molecule has 1 atom stereocenters. The third-order valence-corrected chi connectivity index (χ3v) is 10.9. The highest BCUT2D eigenvalue weighted by atomic mass is 32.1. The van der Waals surface area contributed by atoms with Gasteiger partial charge in [0.1, 0.15) is 0 Å². The van der Waals surface area contributed by atoms with Gasteiger partial charge in [-0.05, 0) is 92.8 Å². The predicted octanol–water partition coefficient (Wildman–Crippen LogP) is 12.2. The molecule has 0 amide bonds. The Balaban J connectivity index is 1.33. The van der Waals surface area contributed by atoms with Gasteiger partial charge in [-0.2, -0.15) is 0 Å². The molecule has 0 bridgehead atoms. The first-order valence-electron chi connectivity index (χ1n) is 16.2. The molecule has 0 radical (unpaired) electrons. The van der Waals surface area contributed by atoms with Crippen molar-refractivity contribution in [2.45, 2.75) is 38.6 Å². The molecule has 0 spiro atoms. The van der Waals surface area contributed by atoms with Gasteiger partial charge in [-0.25, -0.2) is 0 Å². The summed E-state index contributed by atoms with van der Waals surface area (Å²) in [5.74, 6) is 0. The number of nitrogens with two attached hydrogens (primary N) is 1. The molecule has 9 rings (SSSR count). The first kappa shape index (κ1) is 26.7. The molecule has 1 unspecified atom stereocenters. The molecule has 2 aromatic heterocycles. The SMILES string of the molecule is CCCCCC(N)c1ccc(-n2c3cc4cc5c(cc4cc3c3cccc4cccc2c43)sc2cccc3cccc5c32)cc1. The summed E-state index contributed by atoms with van der Waals surface area (Å²) in [5.41, 5.74) is 11.4. The van der Waals surface area contributed by atoms with Crippen molar-refractivity contribution in [2.75, 3.05) is 0 Å². The summed E-state index contributed by atoms with van der Waals surface area (Å²) in [7, 11) is 0. The Morgan fingerprint density at radius 2 is 1.24 bits per heavy atom. The summed E-state index contributed by atoms with van der Waals surface area (Å²) in [6.45, 7) is 2.24. The lowest BCUT2D eigenvalue weighted by molar-refractivity contribution is 0.581. The van der Waals surface area contributed by atoms with Gasteiger partial charge in [-0.1, -0.05) is 99.0 Å². The number of nitrogens with zero attached hydrogens (tertiary/aromatic N) is 1. The molecule has 0 aliphatic heterocycles. The van der Waals surface area contributed by atoms with Gasteiger partial charge in [0.05, 0.1) is 11.0 Å². The lowest BCUT2D eigenvalue weighted by Gasteiger charge is -2.20. The van der Waals surface area contributed by atoms with E-state index < -0.39 is 0 Å². The van der Waals surface area contributed by atoms with Crippen LogP contribution in [0.3, 0.4) is 0 Å². The average molecular weight is 599 g/mol. The largest absolute Gasteiger partial charge is 0.324 e. The molecule has 3 heteroatoms. The van der Waals surface area contributed by atoms with E-state index in [9.17, 15) is 0 Å². The standard InChI is InChI=1S/C42H34N2S/c1-2-3-4-15-36(43)26-18-20-31(21-19-26)44-37-16-7-11-27-9-5-13-32(41(27)37)34-22-30-25-40-35(23-29(30)24-38(34)44)33-14-6-10-28-12-8-17-39(45-40)42(28)33/h5-14,16-25,36H,2-4,15,43H2,1H3. The van der Waals surface area contributed by atoms with E-state index in [1.165, 1.54) is 99.1 Å². The molecule has 9 aromatic rings. The monoisotopic (exact) mass is 598 g/mol. The third-order valence-electron chi connectivity index (χ3n) is 9.78. The average Bonchev–Trinajstić information content (AvgIpc) is 3.08. The summed E-state index contributed by atoms with van der Waals surface area (Å²) in [6, 6.07) is 45.5. The Morgan fingerprint density at radius 1 is 0.578 bits per heavy atom. The van der Waals surface area contributed by atoms with Gasteiger partial charge in [-0.15, -0.1) is 11.3 Å². The van der Waals surface area contributed by atoms with Crippen LogP contribution >= 0.6 is 11.3 Å². The van der Waals surface area contributed by atoms with E-state index in [0.29, 0.717) is 0 Å². The molecule has 7 aromatic carbocycles. The summed E-state index contributed by atoms with van der Waals surface area (Å²) in [4.78, 5) is 0. The predicted molar refractivity (Wildman–Crippen MR) is 197 cm³/mol. The number of aromatic nitrogens is 1. The number of pyridine rings is 1. The van der Waals surface area contributed by atoms with Crippen LogP contribution in [-0.4, -0.2) is 4.57 Å². The number of hydrogen-bond acceptors (Lipinski definition) is 2. The topological polar surface area (TPSA) is 30.9 Å². The lowest BCUT2D eigenvalue weighted by Crippen LogP contribution is -2.10. The van der Waals surface area contributed by atoms with E-state index in [-0.39, 0.29) is 6.04 Å². The van der Waals surface area contributed by atoms with E-state index in [1.54, 1.807) is 0 Å². The minimum absolute atomic E-state index is 0.0750. The third kappa shape index (κ3) is 4.19. The number of hydrogen-bond donors (Lipinski definition) is 1. The smallest absolute Gasteiger partial charge is 0.0546 e. The van der Waals surface area contributed by atoms with Crippen LogP contribution < -0.4 is 5.73 Å². The lowest BCUT2D eigenvalue weighted by atomic mass is 9.96. The van der Waals surface area contributed by atoms with Crippen molar-refractivity contribution >= 4 is 85.6 Å². The van der Waals surface area contributed by atoms with Crippen molar-refractivity contribution in [1.29, 1.82) is 0 Å². The quantitative estimate of drug-likeness (QED) is 0.115. The first-order chi connectivity index (χ1) is 22.2. The van der Waals surface area contributed by atoms with Crippen molar-refractivity contribution in [3.05, 3.63) is 127 Å². The number of rotatable bonds is 6. The van der Waals surface area contributed by atoms with Gasteiger partial charge < -0.3 is 10.3 Å². The van der Waals surface area contributed by atoms with E-state index in [1.807, 2.05) is 11.3 Å². The van der Waals surface area contributed by atoms with Gasteiger partial charge in [0.25, 0.3) is 0 Å². The fourth-order valence-corrected chi connectivity index (χ4v) is 8.72. The molecule has 0 fully saturated rings. The zero-order valence-electron chi connectivity index (χ0n) is 25.4. The van der Waals surface area contributed by atoms with E-state index in [0.717, 1.165) is 12.1 Å². The Morgan fingerprint density at radius 3 is 2.02 bits per heavy atom. The first-order valence-corrected chi connectivity index (χ1v) is 17.0. The molecule has 218 valence electrons. The van der Waals surface area contributed by atoms with Crippen molar-refractivity contribution in [2.24, 2.45) is 5.73 Å². The van der Waals surface area contributed by atoms with E-state index in [4.69, 9.17) is 5.73 Å². The normalized spacial score (nSPS) is 12.9. The molecule has 0 saturated carbocycles. The number of fused-ring (bicyclic) bond motifs is 5. The van der Waals surface area contributed by atoms with E-state index in [2.05, 4.69) is 133 Å². The van der Waals surface area contributed by atoms with E-state index >= 15 is 0 Å². The van der Waals surface area contributed by atoms with Crippen molar-refractivity contribution in [3.63, 3.8) is 0 Å². The Bertz CT molecular complexity index is 2560. The Kier molecular flexibility index (Phi) is 6.19. The molecular weight excluding hydrogens is 565 g/mol. The van der Waals surface area contributed by atoms with Crippen LogP contribution in [0, 0.1) is 0 Å². The molecule has 0 aliphatic carbocycles. The fourth-order valence-electron chi connectivity index (χ4n) is 7.54. The summed E-state index contributed by atoms with van der Waals surface area (Å²) in [6.07, 6.45) is 4.65. The zero-order chi connectivity index (χ0) is 30.1. The zero-order valence-corrected chi connectivity index (χ0v) is 26.2. The number of unbranched alkanes of at least 4 members (excludes halogenated alkanes) is 2. The van der Waals surface area contributed by atoms with Gasteiger partial charge in [0, 0.05) is 42.7 Å². The van der Waals surface area contributed by atoms with Crippen LogP contribution in [-0.2, 0) is 0 Å². The minimum Gasteiger partial charge on any atom is -0.324 e. The second-order valence-corrected chi connectivity index (χ2v) is 13.6. The highest BCUT2D eigenvalue weighted by Crippen LogP contribution is 2.42. The maximum absolute atomic E-state index is 6.63. The summed E-state index contributed by atoms with van der Waals surface area (Å²) < 4.78 is 5.12. The molecule has 2 heterocycles. The van der Waals surface area contributed by atoms with Gasteiger partial charge in [0.2, 0.25) is 0 Å². The molecule has 0 aliphatic rings. The number of benzene rings is 7. The molecule has 2 nitrogen and oxygen atoms in total. The summed E-state index contributed by atoms with van der Waals surface area (Å²) >= 11 is 1.90. The van der Waals surface area contributed by atoms with Crippen molar-refractivity contribution in [3.8, 4) is 5.69 Å². The van der Waals surface area contributed by atoms with Gasteiger partial charge in [0.15, 0.2) is 0 Å². The van der Waals surface area contributed by atoms with Crippen LogP contribution in [0.2, 0.25) is 0 Å². The van der Waals surface area contributed by atoms with Crippen LogP contribution in [0.5, 0.6) is 0 Å². The molecule has 0 saturated heterocycles. The van der Waals surface area contributed by atoms with Crippen LogP contribution in [0.25, 0.3) is 80.0 Å². The molecule has 45 heavy (non-hydrogen) atoms. The summed E-state index contributed by atoms with van der Waals surface area (Å²) in [5, 5.41) is 13.0. The minimum atomic E-state index is 0.0750. The molecular formula is C42H34N2S. The van der Waals surface area contributed by atoms with Gasteiger partial charge in [-0.3, -0.25) is 0 Å². The fraction of sp³-hybridized carbons (Fsp3) is 0.143. The second kappa shape index (κ2) is 10.4. The van der Waals surface area contributed by atoms with Gasteiger partial charge >= 0.3 is 0 Å². The van der Waals surface area contributed by atoms with Crippen LogP contribution in [0.1, 0.15) is 44.2 Å². The maximum atomic E-state index is 6.63. The Hall–Kier alpha value is -4.70. The second-order valence-electron chi connectivity index (χ2n) is 12.5. The van der Waals surface area contributed by atoms with Crippen LogP contribution in [0.15, 0.2) is 121 Å². The highest BCUT2D eigenvalue weighted by Gasteiger charge is 2.16. The highest BCUT2D eigenvalue weighted by molar-refractivity contribution is 7.25. The molecule has 2 N–H and O–H groups in total. The Labute approximate surface area is 266 Å². The maximum Gasteiger partial charge on any atom is 0.0546 e.